The second-order valence-corrected chi connectivity index (χ2v) is 4.43. The van der Waals surface area contributed by atoms with E-state index in [9.17, 15) is 0 Å². The van der Waals surface area contributed by atoms with E-state index < -0.39 is 0 Å². The summed E-state index contributed by atoms with van der Waals surface area (Å²) in [4.78, 5) is 0. The molecule has 94 valence electrons. The molecule has 0 bridgehead atoms. The number of benzene rings is 2. The van der Waals surface area contributed by atoms with Gasteiger partial charge in [0, 0.05) is 6.54 Å². The van der Waals surface area contributed by atoms with Gasteiger partial charge >= 0.3 is 0 Å². The first-order valence-electron chi connectivity index (χ1n) is 5.98. The summed E-state index contributed by atoms with van der Waals surface area (Å²) in [5.74, 6) is 0. The van der Waals surface area contributed by atoms with Crippen molar-refractivity contribution in [1.82, 2.24) is 5.32 Å². The molecule has 0 radical (unpaired) electrons. The zero-order valence-corrected chi connectivity index (χ0v) is 10.7. The maximum absolute atomic E-state index is 9.08. The van der Waals surface area contributed by atoms with E-state index in [4.69, 9.17) is 5.21 Å². The Morgan fingerprint density at radius 1 is 1.00 bits per heavy atom. The van der Waals surface area contributed by atoms with Gasteiger partial charge in [0.25, 0.3) is 0 Å². The van der Waals surface area contributed by atoms with Crippen molar-refractivity contribution in [1.29, 1.82) is 0 Å². The molecule has 18 heavy (non-hydrogen) atoms. The number of anilines is 1. The maximum atomic E-state index is 9.08. The molecule has 3 N–H and O–H groups in total. The Morgan fingerprint density at radius 3 is 2.33 bits per heavy atom. The summed E-state index contributed by atoms with van der Waals surface area (Å²) in [6.45, 7) is 2.84. The van der Waals surface area contributed by atoms with E-state index in [-0.39, 0.29) is 0 Å². The first-order chi connectivity index (χ1) is 8.72. The lowest BCUT2D eigenvalue weighted by Crippen LogP contribution is -2.05. The van der Waals surface area contributed by atoms with E-state index in [0.717, 1.165) is 23.2 Å². The van der Waals surface area contributed by atoms with Crippen LogP contribution in [0.15, 0.2) is 42.5 Å². The highest BCUT2D eigenvalue weighted by atomic mass is 16.5. The molecule has 0 aromatic heterocycles. The fourth-order valence-electron chi connectivity index (χ4n) is 1.98. The molecule has 0 aliphatic heterocycles. The molecule has 0 aliphatic carbocycles. The molecule has 0 unspecified atom stereocenters. The van der Waals surface area contributed by atoms with Crippen LogP contribution in [0.4, 0.5) is 5.69 Å². The highest BCUT2D eigenvalue weighted by Gasteiger charge is 2.03. The summed E-state index contributed by atoms with van der Waals surface area (Å²) in [5.41, 5.74) is 7.54. The van der Waals surface area contributed by atoms with Gasteiger partial charge in [0.15, 0.2) is 0 Å². The lowest BCUT2D eigenvalue weighted by molar-refractivity contribution is 0.389. The van der Waals surface area contributed by atoms with Crippen LogP contribution in [0.25, 0.3) is 11.1 Å². The van der Waals surface area contributed by atoms with Gasteiger partial charge in [0.1, 0.15) is 0 Å². The second kappa shape index (κ2) is 5.67. The molecule has 0 amide bonds. The third-order valence-electron chi connectivity index (χ3n) is 2.89. The molecular formula is C15H18N2O. The molecule has 0 atom stereocenters. The van der Waals surface area contributed by atoms with Gasteiger partial charge < -0.3 is 5.32 Å². The minimum Gasteiger partial charge on any atom is -0.316 e. The van der Waals surface area contributed by atoms with E-state index in [0.29, 0.717) is 5.69 Å². The molecule has 0 saturated carbocycles. The average Bonchev–Trinajstić information content (AvgIpc) is 2.39. The van der Waals surface area contributed by atoms with Gasteiger partial charge in [-0.05, 0) is 48.9 Å². The molecule has 0 heterocycles. The Balaban J connectivity index is 2.42. The number of nitrogens with one attached hydrogen (secondary N) is 2. The van der Waals surface area contributed by atoms with Gasteiger partial charge in [-0.3, -0.25) is 10.7 Å². The van der Waals surface area contributed by atoms with Crippen molar-refractivity contribution in [3.05, 3.63) is 53.6 Å². The Morgan fingerprint density at radius 2 is 1.72 bits per heavy atom. The van der Waals surface area contributed by atoms with Crippen molar-refractivity contribution in [3.63, 3.8) is 0 Å². The molecule has 2 rings (SSSR count). The van der Waals surface area contributed by atoms with Crippen LogP contribution < -0.4 is 10.8 Å². The van der Waals surface area contributed by atoms with Crippen LogP contribution in [0.2, 0.25) is 0 Å². The van der Waals surface area contributed by atoms with Crippen molar-refractivity contribution < 1.29 is 5.21 Å². The first-order valence-corrected chi connectivity index (χ1v) is 5.98. The van der Waals surface area contributed by atoms with Crippen LogP contribution in [-0.4, -0.2) is 12.3 Å². The van der Waals surface area contributed by atoms with Crippen LogP contribution in [0.5, 0.6) is 0 Å². The van der Waals surface area contributed by atoms with E-state index >= 15 is 0 Å². The third-order valence-corrected chi connectivity index (χ3v) is 2.89. The highest BCUT2D eigenvalue weighted by Crippen LogP contribution is 2.25. The summed E-state index contributed by atoms with van der Waals surface area (Å²) in [5, 5.41) is 12.2. The van der Waals surface area contributed by atoms with E-state index in [2.05, 4.69) is 48.1 Å². The minimum atomic E-state index is 0.707. The number of rotatable bonds is 4. The molecule has 0 spiro atoms. The summed E-state index contributed by atoms with van der Waals surface area (Å²) in [6.07, 6.45) is 0. The summed E-state index contributed by atoms with van der Waals surface area (Å²) >= 11 is 0. The van der Waals surface area contributed by atoms with Gasteiger partial charge in [-0.1, -0.05) is 29.8 Å². The first kappa shape index (κ1) is 12.6. The standard InChI is InChI=1S/C15H18N2O/c1-11-3-5-13(6-4-11)14-7-12(10-16-2)8-15(9-14)17-18/h3-9,16-18H,10H2,1-2H3. The molecule has 2 aromatic rings. The monoisotopic (exact) mass is 242 g/mol. The molecular weight excluding hydrogens is 224 g/mol. The predicted octanol–water partition coefficient (Wildman–Crippen LogP) is 3.18. The maximum Gasteiger partial charge on any atom is 0.0611 e. The zero-order chi connectivity index (χ0) is 13.0. The highest BCUT2D eigenvalue weighted by molar-refractivity contribution is 5.69. The SMILES string of the molecule is CNCc1cc(NO)cc(-c2ccc(C)cc2)c1. The van der Waals surface area contributed by atoms with Crippen LogP contribution in [0.1, 0.15) is 11.1 Å². The van der Waals surface area contributed by atoms with Crippen LogP contribution >= 0.6 is 0 Å². The lowest BCUT2D eigenvalue weighted by atomic mass is 10.0. The quantitative estimate of drug-likeness (QED) is 0.721. The molecule has 0 aliphatic rings. The van der Waals surface area contributed by atoms with Gasteiger partial charge in [-0.15, -0.1) is 0 Å². The van der Waals surface area contributed by atoms with Crippen LogP contribution in [0.3, 0.4) is 0 Å². The molecule has 0 saturated heterocycles. The fraction of sp³-hybridized carbons (Fsp3) is 0.200. The molecule has 0 fully saturated rings. The van der Waals surface area contributed by atoms with Gasteiger partial charge in [-0.25, -0.2) is 0 Å². The molecule has 3 nitrogen and oxygen atoms in total. The second-order valence-electron chi connectivity index (χ2n) is 4.43. The normalized spacial score (nSPS) is 10.4. The van der Waals surface area contributed by atoms with Gasteiger partial charge in [0.2, 0.25) is 0 Å². The summed E-state index contributed by atoms with van der Waals surface area (Å²) < 4.78 is 0. The lowest BCUT2D eigenvalue weighted by Gasteiger charge is -2.09. The van der Waals surface area contributed by atoms with Crippen LogP contribution in [-0.2, 0) is 6.54 Å². The fourth-order valence-corrected chi connectivity index (χ4v) is 1.98. The average molecular weight is 242 g/mol. The Labute approximate surface area is 107 Å². The van der Waals surface area contributed by atoms with Crippen molar-refractivity contribution in [2.45, 2.75) is 13.5 Å². The van der Waals surface area contributed by atoms with E-state index in [1.54, 1.807) is 0 Å². The summed E-state index contributed by atoms with van der Waals surface area (Å²) in [6, 6.07) is 14.3. The Hall–Kier alpha value is -1.84. The van der Waals surface area contributed by atoms with Gasteiger partial charge in [-0.2, -0.15) is 0 Å². The van der Waals surface area contributed by atoms with E-state index in [1.165, 1.54) is 5.56 Å². The molecule has 3 heteroatoms. The van der Waals surface area contributed by atoms with Crippen molar-refractivity contribution in [2.75, 3.05) is 12.5 Å². The van der Waals surface area contributed by atoms with Crippen molar-refractivity contribution in [3.8, 4) is 11.1 Å². The van der Waals surface area contributed by atoms with E-state index in [1.807, 2.05) is 19.2 Å². The Kier molecular flexibility index (Phi) is 3.97. The predicted molar refractivity (Wildman–Crippen MR) is 74.8 cm³/mol. The summed E-state index contributed by atoms with van der Waals surface area (Å²) in [7, 11) is 1.91. The van der Waals surface area contributed by atoms with Crippen molar-refractivity contribution in [2.24, 2.45) is 0 Å². The third kappa shape index (κ3) is 2.88. The van der Waals surface area contributed by atoms with Crippen molar-refractivity contribution >= 4 is 5.69 Å². The zero-order valence-electron chi connectivity index (χ0n) is 10.7. The van der Waals surface area contributed by atoms with Crippen LogP contribution in [0, 0.1) is 6.92 Å². The minimum absolute atomic E-state index is 0.707. The molecule has 2 aromatic carbocycles. The smallest absolute Gasteiger partial charge is 0.0611 e. The topological polar surface area (TPSA) is 44.3 Å². The number of hydrogen-bond donors (Lipinski definition) is 3. The largest absolute Gasteiger partial charge is 0.316 e. The number of hydrogen-bond acceptors (Lipinski definition) is 3. The van der Waals surface area contributed by atoms with Gasteiger partial charge in [0.05, 0.1) is 5.69 Å². The number of aryl methyl sites for hydroxylation is 1. The Bertz CT molecular complexity index is 521.